The van der Waals surface area contributed by atoms with Gasteiger partial charge in [-0.25, -0.2) is 0 Å². The van der Waals surface area contributed by atoms with Crippen LogP contribution in [0.15, 0.2) is 267 Å². The van der Waals surface area contributed by atoms with Gasteiger partial charge in [0.25, 0.3) is 0 Å². The molecule has 0 amide bonds. The number of nitrogens with zero attached hydrogens (tertiary/aromatic N) is 2. The minimum absolute atomic E-state index is 0.502. The Hall–Kier alpha value is -8.72. The molecule has 0 radical (unpaired) electrons. The highest BCUT2D eigenvalue weighted by molar-refractivity contribution is 6.10. The molecule has 11 aromatic carbocycles. The van der Waals surface area contributed by atoms with Crippen LogP contribution in [0.3, 0.4) is 0 Å². The third-order valence-corrected chi connectivity index (χ3v) is 14.0. The zero-order valence-corrected chi connectivity index (χ0v) is 36.8. The molecule has 314 valence electrons. The predicted molar refractivity (Wildman–Crippen MR) is 281 cm³/mol. The minimum Gasteiger partial charge on any atom is -0.310 e. The summed E-state index contributed by atoms with van der Waals surface area (Å²) in [4.78, 5) is 2.43. The Kier molecular flexibility index (Phi) is 9.11. The van der Waals surface area contributed by atoms with Crippen molar-refractivity contribution in [2.75, 3.05) is 4.90 Å². The van der Waals surface area contributed by atoms with Crippen LogP contribution < -0.4 is 4.90 Å². The van der Waals surface area contributed by atoms with Gasteiger partial charge in [0.05, 0.1) is 16.4 Å². The Balaban J connectivity index is 0.927. The van der Waals surface area contributed by atoms with E-state index in [1.165, 1.54) is 93.9 Å². The SMILES string of the molecule is c1ccc(-n2c3ccccc3c3cc(-c4cccc(-c5ccc(N(c6ccc7c(c6)C(c6ccccc6)(c6ccccc6)c6ccccc6-7)c6ccc7ccccc7c6)cc5)c4)ccc32)cc1. The molecule has 0 spiro atoms. The van der Waals surface area contributed by atoms with Crippen LogP contribution in [0.4, 0.5) is 17.1 Å². The maximum absolute atomic E-state index is 2.45. The number of aromatic nitrogens is 1. The number of hydrogen-bond acceptors (Lipinski definition) is 1. The van der Waals surface area contributed by atoms with Crippen molar-refractivity contribution in [3.05, 3.63) is 289 Å². The van der Waals surface area contributed by atoms with Crippen molar-refractivity contribution in [3.8, 4) is 39.1 Å². The molecule has 1 aliphatic carbocycles. The molecule has 12 aromatic rings. The number of rotatable bonds is 8. The topological polar surface area (TPSA) is 8.17 Å². The van der Waals surface area contributed by atoms with Gasteiger partial charge in [0.1, 0.15) is 0 Å². The summed E-state index contributed by atoms with van der Waals surface area (Å²) >= 11 is 0. The molecular formula is C65H44N2. The van der Waals surface area contributed by atoms with E-state index in [1.54, 1.807) is 0 Å². The Labute approximate surface area is 390 Å². The zero-order valence-electron chi connectivity index (χ0n) is 36.8. The summed E-state index contributed by atoms with van der Waals surface area (Å²) in [6, 6.07) is 98.1. The number of fused-ring (bicyclic) bond motifs is 7. The molecule has 1 aromatic heterocycles. The van der Waals surface area contributed by atoms with Gasteiger partial charge in [0.2, 0.25) is 0 Å². The summed E-state index contributed by atoms with van der Waals surface area (Å²) in [5, 5.41) is 4.93. The molecule has 0 fully saturated rings. The molecule has 67 heavy (non-hydrogen) atoms. The highest BCUT2D eigenvalue weighted by Gasteiger charge is 2.46. The fraction of sp³-hybridized carbons (Fsp3) is 0.0154. The fourth-order valence-corrected chi connectivity index (χ4v) is 11.0. The van der Waals surface area contributed by atoms with E-state index in [-0.39, 0.29) is 0 Å². The second-order valence-electron chi connectivity index (χ2n) is 17.7. The first kappa shape index (κ1) is 38.7. The third kappa shape index (κ3) is 6.26. The van der Waals surface area contributed by atoms with Crippen molar-refractivity contribution in [1.82, 2.24) is 4.57 Å². The van der Waals surface area contributed by atoms with Gasteiger partial charge in [0.15, 0.2) is 0 Å². The van der Waals surface area contributed by atoms with E-state index >= 15 is 0 Å². The normalized spacial score (nSPS) is 12.6. The summed E-state index contributed by atoms with van der Waals surface area (Å²) in [5.74, 6) is 0. The highest BCUT2D eigenvalue weighted by atomic mass is 15.1. The molecule has 0 N–H and O–H groups in total. The molecule has 13 rings (SSSR count). The van der Waals surface area contributed by atoms with Gasteiger partial charge in [0, 0.05) is 33.5 Å². The average molecular weight is 853 g/mol. The van der Waals surface area contributed by atoms with Crippen molar-refractivity contribution in [3.63, 3.8) is 0 Å². The molecule has 0 bridgehead atoms. The van der Waals surface area contributed by atoms with Crippen LogP contribution >= 0.6 is 0 Å². The molecule has 2 nitrogen and oxygen atoms in total. The summed E-state index contributed by atoms with van der Waals surface area (Å²) in [6.07, 6.45) is 0. The van der Waals surface area contributed by atoms with Gasteiger partial charge >= 0.3 is 0 Å². The number of hydrogen-bond donors (Lipinski definition) is 0. The van der Waals surface area contributed by atoms with E-state index in [1.807, 2.05) is 0 Å². The van der Waals surface area contributed by atoms with Crippen LogP contribution in [-0.4, -0.2) is 4.57 Å². The van der Waals surface area contributed by atoms with Gasteiger partial charge in [-0.1, -0.05) is 194 Å². The van der Waals surface area contributed by atoms with Crippen molar-refractivity contribution in [1.29, 1.82) is 0 Å². The largest absolute Gasteiger partial charge is 0.310 e. The lowest BCUT2D eigenvalue weighted by Crippen LogP contribution is -2.28. The predicted octanol–water partition coefficient (Wildman–Crippen LogP) is 17.1. The van der Waals surface area contributed by atoms with Crippen LogP contribution in [0.5, 0.6) is 0 Å². The third-order valence-electron chi connectivity index (χ3n) is 14.0. The second kappa shape index (κ2) is 15.8. The van der Waals surface area contributed by atoms with Crippen LogP contribution in [-0.2, 0) is 5.41 Å². The summed E-state index contributed by atoms with van der Waals surface area (Å²) < 4.78 is 2.37. The molecule has 0 atom stereocenters. The van der Waals surface area contributed by atoms with Gasteiger partial charge < -0.3 is 9.47 Å². The van der Waals surface area contributed by atoms with Crippen LogP contribution in [0, 0.1) is 0 Å². The molecule has 2 heteroatoms. The Morgan fingerprint density at radius 2 is 0.851 bits per heavy atom. The fourth-order valence-electron chi connectivity index (χ4n) is 11.0. The maximum Gasteiger partial charge on any atom is 0.0714 e. The smallest absolute Gasteiger partial charge is 0.0714 e. The van der Waals surface area contributed by atoms with E-state index in [2.05, 4.69) is 276 Å². The van der Waals surface area contributed by atoms with Crippen molar-refractivity contribution in [2.45, 2.75) is 5.41 Å². The van der Waals surface area contributed by atoms with Crippen molar-refractivity contribution >= 4 is 49.6 Å². The average Bonchev–Trinajstić information content (AvgIpc) is 3.90. The summed E-state index contributed by atoms with van der Waals surface area (Å²) in [7, 11) is 0. The monoisotopic (exact) mass is 852 g/mol. The first-order chi connectivity index (χ1) is 33.2. The molecule has 0 saturated heterocycles. The van der Waals surface area contributed by atoms with E-state index in [0.29, 0.717) is 0 Å². The standard InChI is InChI=1S/C65H44N2/c1-4-21-51(22-5-1)65(52-23-6-2-7-24-52)61-29-14-12-27-57(61)58-39-38-56(44-62(58)65)66(55-37-33-45-17-10-11-18-49(45)42-55)54-35-31-46(32-36-54)47-19-16-20-48(41-47)50-34-40-64-60(43-50)59-28-13-15-30-63(59)67(64)53-25-8-3-9-26-53/h1-44H. The number of para-hydroxylation sites is 2. The Bertz CT molecular complexity index is 3750. The zero-order chi connectivity index (χ0) is 44.3. The van der Waals surface area contributed by atoms with E-state index in [9.17, 15) is 0 Å². The molecule has 0 unspecified atom stereocenters. The summed E-state index contributed by atoms with van der Waals surface area (Å²) in [6.45, 7) is 0. The van der Waals surface area contributed by atoms with Crippen LogP contribution in [0.25, 0.3) is 71.6 Å². The highest BCUT2D eigenvalue weighted by Crippen LogP contribution is 2.57. The molecular weight excluding hydrogens is 809 g/mol. The van der Waals surface area contributed by atoms with Gasteiger partial charge in [-0.15, -0.1) is 0 Å². The molecule has 1 aliphatic rings. The van der Waals surface area contributed by atoms with Crippen LogP contribution in [0.1, 0.15) is 22.3 Å². The van der Waals surface area contributed by atoms with E-state index < -0.39 is 5.41 Å². The maximum atomic E-state index is 2.45. The first-order valence-electron chi connectivity index (χ1n) is 23.2. The van der Waals surface area contributed by atoms with Crippen LogP contribution in [0.2, 0.25) is 0 Å². The Morgan fingerprint density at radius 1 is 0.299 bits per heavy atom. The lowest BCUT2D eigenvalue weighted by Gasteiger charge is -2.35. The minimum atomic E-state index is -0.502. The quantitative estimate of drug-likeness (QED) is 0.148. The van der Waals surface area contributed by atoms with Gasteiger partial charge in [-0.05, 0) is 139 Å². The van der Waals surface area contributed by atoms with Crippen molar-refractivity contribution in [2.24, 2.45) is 0 Å². The molecule has 1 heterocycles. The second-order valence-corrected chi connectivity index (χ2v) is 17.7. The van der Waals surface area contributed by atoms with Gasteiger partial charge in [-0.2, -0.15) is 0 Å². The van der Waals surface area contributed by atoms with Crippen molar-refractivity contribution < 1.29 is 0 Å². The Morgan fingerprint density at radius 3 is 1.63 bits per heavy atom. The number of benzene rings is 11. The van der Waals surface area contributed by atoms with E-state index in [4.69, 9.17) is 0 Å². The van der Waals surface area contributed by atoms with E-state index in [0.717, 1.165) is 17.1 Å². The molecule has 0 aliphatic heterocycles. The van der Waals surface area contributed by atoms with Gasteiger partial charge in [-0.3, -0.25) is 0 Å². The first-order valence-corrected chi connectivity index (χ1v) is 23.2. The lowest BCUT2D eigenvalue weighted by molar-refractivity contribution is 0.768. The lowest BCUT2D eigenvalue weighted by atomic mass is 9.67. The number of anilines is 3. The summed E-state index contributed by atoms with van der Waals surface area (Å²) in [5.41, 5.74) is 18.8. The molecule has 0 saturated carbocycles.